The van der Waals surface area contributed by atoms with Crippen molar-refractivity contribution in [2.24, 2.45) is 0 Å². The standard InChI is InChI=1S/C18H20FN5O2/c19-14-3-4-15(20-9-14)24-6-5-18(26,11-24)10-23-17(25)13-7-21-16(22-8-13)12-1-2-12/h3-4,7-9,12,26H,1-2,5-6,10-11H2,(H,23,25). The van der Waals surface area contributed by atoms with Gasteiger partial charge >= 0.3 is 0 Å². The number of carbonyl (C=O) groups excluding carboxylic acids is 1. The fourth-order valence-electron chi connectivity index (χ4n) is 3.11. The van der Waals surface area contributed by atoms with E-state index >= 15 is 0 Å². The van der Waals surface area contributed by atoms with Crippen LogP contribution in [0.3, 0.4) is 0 Å². The van der Waals surface area contributed by atoms with Crippen LogP contribution in [0.15, 0.2) is 30.7 Å². The molecule has 2 N–H and O–H groups in total. The lowest BCUT2D eigenvalue weighted by molar-refractivity contribution is 0.0575. The zero-order valence-electron chi connectivity index (χ0n) is 14.2. The molecule has 0 aromatic carbocycles. The van der Waals surface area contributed by atoms with Gasteiger partial charge in [-0.3, -0.25) is 4.79 Å². The molecule has 0 spiro atoms. The molecule has 2 aromatic heterocycles. The summed E-state index contributed by atoms with van der Waals surface area (Å²) in [6.07, 6.45) is 6.92. The zero-order valence-corrected chi connectivity index (χ0v) is 14.2. The monoisotopic (exact) mass is 357 g/mol. The molecule has 0 radical (unpaired) electrons. The highest BCUT2D eigenvalue weighted by Gasteiger charge is 2.37. The van der Waals surface area contributed by atoms with Gasteiger partial charge in [-0.05, 0) is 31.4 Å². The number of β-amino-alcohol motifs (C(OH)–C–C–N with tert-alkyl or cyclic N) is 1. The second-order valence-electron chi connectivity index (χ2n) is 7.02. The molecule has 8 heteroatoms. The van der Waals surface area contributed by atoms with E-state index in [1.54, 1.807) is 6.07 Å². The van der Waals surface area contributed by atoms with E-state index in [2.05, 4.69) is 20.3 Å². The lowest BCUT2D eigenvalue weighted by Gasteiger charge is -2.24. The highest BCUT2D eigenvalue weighted by Crippen LogP contribution is 2.37. The van der Waals surface area contributed by atoms with Gasteiger partial charge in [0, 0.05) is 37.9 Å². The minimum Gasteiger partial charge on any atom is -0.386 e. The Bertz CT molecular complexity index is 794. The van der Waals surface area contributed by atoms with Crippen LogP contribution in [0.1, 0.15) is 41.4 Å². The number of rotatable bonds is 5. The first-order valence-electron chi connectivity index (χ1n) is 8.71. The van der Waals surface area contributed by atoms with Crippen molar-refractivity contribution in [1.29, 1.82) is 0 Å². The van der Waals surface area contributed by atoms with Crippen LogP contribution in [0.2, 0.25) is 0 Å². The summed E-state index contributed by atoms with van der Waals surface area (Å²) in [5.41, 5.74) is -0.673. The average Bonchev–Trinajstić information content (AvgIpc) is 3.43. The molecular formula is C18H20FN5O2. The smallest absolute Gasteiger partial charge is 0.254 e. The summed E-state index contributed by atoms with van der Waals surface area (Å²) in [4.78, 5) is 26.6. The van der Waals surface area contributed by atoms with Crippen LogP contribution in [0.5, 0.6) is 0 Å². The second kappa shape index (κ2) is 6.60. The molecule has 7 nitrogen and oxygen atoms in total. The Morgan fingerprint density at radius 1 is 1.27 bits per heavy atom. The van der Waals surface area contributed by atoms with Gasteiger partial charge in [0.1, 0.15) is 23.1 Å². The molecule has 136 valence electrons. The van der Waals surface area contributed by atoms with Gasteiger partial charge in [-0.25, -0.2) is 19.3 Å². The first-order valence-corrected chi connectivity index (χ1v) is 8.71. The molecule has 1 saturated heterocycles. The van der Waals surface area contributed by atoms with Gasteiger partial charge in [0.2, 0.25) is 0 Å². The quantitative estimate of drug-likeness (QED) is 0.837. The summed E-state index contributed by atoms with van der Waals surface area (Å²) >= 11 is 0. The minimum atomic E-state index is -1.06. The highest BCUT2D eigenvalue weighted by atomic mass is 19.1. The fourth-order valence-corrected chi connectivity index (χ4v) is 3.11. The third-order valence-electron chi connectivity index (χ3n) is 4.82. The maximum Gasteiger partial charge on any atom is 0.254 e. The molecule has 2 aliphatic rings. The van der Waals surface area contributed by atoms with Crippen molar-refractivity contribution >= 4 is 11.7 Å². The van der Waals surface area contributed by atoms with Gasteiger partial charge in [-0.15, -0.1) is 0 Å². The topological polar surface area (TPSA) is 91.2 Å². The Hall–Kier alpha value is -2.61. The summed E-state index contributed by atoms with van der Waals surface area (Å²) < 4.78 is 13.0. The minimum absolute atomic E-state index is 0.119. The first kappa shape index (κ1) is 16.8. The van der Waals surface area contributed by atoms with Gasteiger partial charge in [0.25, 0.3) is 5.91 Å². The van der Waals surface area contributed by atoms with Gasteiger partial charge in [0.15, 0.2) is 0 Å². The normalized spacial score (nSPS) is 22.5. The summed E-state index contributed by atoms with van der Waals surface area (Å²) in [6.45, 7) is 1.03. The van der Waals surface area contributed by atoms with Gasteiger partial charge in [-0.2, -0.15) is 0 Å². The average molecular weight is 357 g/mol. The first-order chi connectivity index (χ1) is 12.5. The van der Waals surface area contributed by atoms with Crippen molar-refractivity contribution in [2.45, 2.75) is 30.8 Å². The van der Waals surface area contributed by atoms with E-state index in [1.807, 2.05) is 4.90 Å². The Balaban J connectivity index is 1.33. The van der Waals surface area contributed by atoms with Gasteiger partial charge < -0.3 is 15.3 Å². The molecule has 26 heavy (non-hydrogen) atoms. The maximum absolute atomic E-state index is 13.0. The van der Waals surface area contributed by atoms with E-state index < -0.39 is 11.4 Å². The summed E-state index contributed by atoms with van der Waals surface area (Å²) in [5, 5.41) is 13.5. The number of nitrogens with one attached hydrogen (secondary N) is 1. The molecule has 2 aromatic rings. The lowest BCUT2D eigenvalue weighted by Crippen LogP contribution is -2.45. The van der Waals surface area contributed by atoms with E-state index in [9.17, 15) is 14.3 Å². The van der Waals surface area contributed by atoms with Crippen LogP contribution < -0.4 is 10.2 Å². The van der Waals surface area contributed by atoms with Crippen LogP contribution in [0.4, 0.5) is 10.2 Å². The lowest BCUT2D eigenvalue weighted by atomic mass is 10.0. The molecule has 2 fully saturated rings. The Morgan fingerprint density at radius 3 is 2.69 bits per heavy atom. The van der Waals surface area contributed by atoms with Crippen molar-refractivity contribution in [3.8, 4) is 0 Å². The van der Waals surface area contributed by atoms with Crippen molar-refractivity contribution in [1.82, 2.24) is 20.3 Å². The highest BCUT2D eigenvalue weighted by molar-refractivity contribution is 5.93. The van der Waals surface area contributed by atoms with Crippen molar-refractivity contribution in [3.63, 3.8) is 0 Å². The molecule has 4 rings (SSSR count). The molecule has 3 heterocycles. The number of aliphatic hydroxyl groups is 1. The number of amides is 1. The predicted molar refractivity (Wildman–Crippen MR) is 92.3 cm³/mol. The van der Waals surface area contributed by atoms with Crippen LogP contribution in [0.25, 0.3) is 0 Å². The van der Waals surface area contributed by atoms with E-state index in [4.69, 9.17) is 0 Å². The Kier molecular flexibility index (Phi) is 4.28. The number of hydrogen-bond donors (Lipinski definition) is 2. The summed E-state index contributed by atoms with van der Waals surface area (Å²) in [5.74, 6) is 1.14. The fraction of sp³-hybridized carbons (Fsp3) is 0.444. The molecule has 1 aliphatic heterocycles. The van der Waals surface area contributed by atoms with Crippen LogP contribution >= 0.6 is 0 Å². The summed E-state index contributed by atoms with van der Waals surface area (Å²) in [7, 11) is 0. The SMILES string of the molecule is O=C(NCC1(O)CCN(c2ccc(F)cn2)C1)c1cnc(C2CC2)nc1. The van der Waals surface area contributed by atoms with Gasteiger partial charge in [0.05, 0.1) is 11.8 Å². The van der Waals surface area contributed by atoms with Crippen molar-refractivity contribution in [2.75, 3.05) is 24.5 Å². The predicted octanol–water partition coefficient (Wildman–Crippen LogP) is 1.26. The molecule has 1 atom stereocenters. The van der Waals surface area contributed by atoms with E-state index in [-0.39, 0.29) is 12.5 Å². The van der Waals surface area contributed by atoms with E-state index in [1.165, 1.54) is 18.5 Å². The van der Waals surface area contributed by atoms with Crippen LogP contribution in [-0.2, 0) is 0 Å². The third kappa shape index (κ3) is 3.65. The number of anilines is 1. The zero-order chi connectivity index (χ0) is 18.1. The van der Waals surface area contributed by atoms with E-state index in [0.29, 0.717) is 36.8 Å². The van der Waals surface area contributed by atoms with Crippen LogP contribution in [0, 0.1) is 5.82 Å². The van der Waals surface area contributed by atoms with Crippen LogP contribution in [-0.4, -0.2) is 51.2 Å². The number of halogens is 1. The number of carbonyl (C=O) groups is 1. The third-order valence-corrected chi connectivity index (χ3v) is 4.82. The Labute approximate surface area is 150 Å². The Morgan fingerprint density at radius 2 is 2.04 bits per heavy atom. The number of nitrogens with zero attached hydrogens (tertiary/aromatic N) is 4. The van der Waals surface area contributed by atoms with Crippen molar-refractivity contribution < 1.29 is 14.3 Å². The summed E-state index contributed by atoms with van der Waals surface area (Å²) in [6, 6.07) is 2.92. The number of hydrogen-bond acceptors (Lipinski definition) is 6. The largest absolute Gasteiger partial charge is 0.386 e. The second-order valence-corrected chi connectivity index (χ2v) is 7.02. The van der Waals surface area contributed by atoms with E-state index in [0.717, 1.165) is 24.9 Å². The molecule has 0 bridgehead atoms. The molecule has 1 amide bonds. The molecule has 1 aliphatic carbocycles. The molecular weight excluding hydrogens is 337 g/mol. The molecule has 1 saturated carbocycles. The number of aromatic nitrogens is 3. The van der Waals surface area contributed by atoms with Crippen molar-refractivity contribution in [3.05, 3.63) is 47.9 Å². The van der Waals surface area contributed by atoms with Gasteiger partial charge in [-0.1, -0.05) is 0 Å². The number of pyridine rings is 1. The molecule has 1 unspecified atom stereocenters. The maximum atomic E-state index is 13.0.